The van der Waals surface area contributed by atoms with E-state index in [2.05, 4.69) is 42.5 Å². The van der Waals surface area contributed by atoms with Crippen molar-refractivity contribution < 1.29 is 43.5 Å². The molecule has 1 saturated heterocycles. The highest BCUT2D eigenvalue weighted by Gasteiger charge is 2.38. The predicted octanol–water partition coefficient (Wildman–Crippen LogP) is -2.45. The van der Waals surface area contributed by atoms with Crippen LogP contribution in [0.25, 0.3) is 0 Å². The minimum atomic E-state index is -1.71. The summed E-state index contributed by atoms with van der Waals surface area (Å²) < 4.78 is 0. The number of benzene rings is 2. The van der Waals surface area contributed by atoms with Gasteiger partial charge in [0.25, 0.3) is 0 Å². The van der Waals surface area contributed by atoms with Crippen molar-refractivity contribution >= 4 is 59.2 Å². The fourth-order valence-electron chi connectivity index (χ4n) is 7.15. The Bertz CT molecular complexity index is 1910. The average Bonchev–Trinajstić information content (AvgIpc) is 3.26. The van der Waals surface area contributed by atoms with Crippen molar-refractivity contribution in [2.45, 2.75) is 114 Å². The molecule has 15 N–H and O–H groups in total. The lowest BCUT2D eigenvalue weighted by molar-refractivity contribution is -0.135. The van der Waals surface area contributed by atoms with Gasteiger partial charge in [-0.3, -0.25) is 33.6 Å². The molecule has 1 aliphatic heterocycles. The Balaban J connectivity index is 2.12. The molecule has 0 saturated carbocycles. The zero-order chi connectivity index (χ0) is 48.1. The third-order valence-electron chi connectivity index (χ3n) is 10.6. The number of rotatable bonds is 15. The summed E-state index contributed by atoms with van der Waals surface area (Å²) in [5.74, 6) is -5.43. The van der Waals surface area contributed by atoms with Gasteiger partial charge in [0.2, 0.25) is 41.4 Å². The van der Waals surface area contributed by atoms with Gasteiger partial charge in [0, 0.05) is 24.5 Å². The standard InChI is InChI=1S/C44H66ClN11O9/c1-26(2)21-35-41(63)53-31(13-17-46)38(60)52-32(14-18-47)40(62)55-37(27(3)58)43(65)49-20-16-34(51-36(59)22-28-9-11-30(45)12-10-28)39(61)54-33(15-19-48)42(64)56-44(25-57,24-50-35)23-29-7-5-4-6-8-29/h4-12,25-27,31-35,37,50,58H,13-24,46-48H2,1-3H3,(H,49,65)(H,51,59)(H,52,60)(H,53,63)(H,54,61)(H,55,62)(H,56,64)/t27-,31+,32+,33+,34+,35+,37+,44+/m1/s1. The Morgan fingerprint density at radius 3 is 1.83 bits per heavy atom. The van der Waals surface area contributed by atoms with Crippen molar-refractivity contribution in [3.05, 3.63) is 70.7 Å². The highest BCUT2D eigenvalue weighted by Crippen LogP contribution is 2.16. The molecule has 21 heteroatoms. The van der Waals surface area contributed by atoms with E-state index in [0.29, 0.717) is 22.4 Å². The first-order valence-electron chi connectivity index (χ1n) is 21.8. The number of carbonyl (C=O) groups excluding carboxylic acids is 8. The molecule has 0 bridgehead atoms. The van der Waals surface area contributed by atoms with Gasteiger partial charge in [-0.2, -0.15) is 0 Å². The molecule has 0 unspecified atom stereocenters. The molecule has 2 aromatic carbocycles. The zero-order valence-electron chi connectivity index (χ0n) is 37.2. The summed E-state index contributed by atoms with van der Waals surface area (Å²) in [5.41, 5.74) is 17.1. The van der Waals surface area contributed by atoms with Crippen molar-refractivity contribution in [2.24, 2.45) is 23.1 Å². The number of carbonyl (C=O) groups is 8. The van der Waals surface area contributed by atoms with Crippen molar-refractivity contribution in [1.82, 2.24) is 42.5 Å². The fourth-order valence-corrected chi connectivity index (χ4v) is 7.28. The molecular formula is C44H66ClN11O9. The highest BCUT2D eigenvalue weighted by atomic mass is 35.5. The second-order valence-corrected chi connectivity index (χ2v) is 17.1. The van der Waals surface area contributed by atoms with Gasteiger partial charge in [-0.15, -0.1) is 0 Å². The Labute approximate surface area is 384 Å². The van der Waals surface area contributed by atoms with Gasteiger partial charge in [-0.1, -0.05) is 67.9 Å². The summed E-state index contributed by atoms with van der Waals surface area (Å²) in [6.45, 7) is 4.24. The molecular weight excluding hydrogens is 862 g/mol. The fraction of sp³-hybridized carbons (Fsp3) is 0.545. The summed E-state index contributed by atoms with van der Waals surface area (Å²) in [6, 6.07) is 7.45. The molecule has 1 fully saturated rings. The third-order valence-corrected chi connectivity index (χ3v) is 10.9. The van der Waals surface area contributed by atoms with Gasteiger partial charge < -0.3 is 69.6 Å². The Hall–Kier alpha value is -5.51. The largest absolute Gasteiger partial charge is 0.391 e. The van der Waals surface area contributed by atoms with Crippen LogP contribution in [0.15, 0.2) is 54.6 Å². The number of hydrogen-bond acceptors (Lipinski definition) is 13. The first-order chi connectivity index (χ1) is 30.9. The molecule has 1 heterocycles. The maximum Gasteiger partial charge on any atom is 0.245 e. The van der Waals surface area contributed by atoms with Gasteiger partial charge in [-0.25, -0.2) is 0 Å². The van der Waals surface area contributed by atoms with Crippen LogP contribution >= 0.6 is 11.6 Å². The summed E-state index contributed by atoms with van der Waals surface area (Å²) in [5, 5.41) is 32.6. The van der Waals surface area contributed by atoms with E-state index in [1.807, 2.05) is 13.8 Å². The van der Waals surface area contributed by atoms with Crippen molar-refractivity contribution in [3.63, 3.8) is 0 Å². The second-order valence-electron chi connectivity index (χ2n) is 16.6. The third kappa shape index (κ3) is 17.8. The number of hydrogen-bond donors (Lipinski definition) is 12. The summed E-state index contributed by atoms with van der Waals surface area (Å²) in [7, 11) is 0. The maximum atomic E-state index is 14.3. The zero-order valence-corrected chi connectivity index (χ0v) is 38.0. The van der Waals surface area contributed by atoms with Crippen LogP contribution in [-0.2, 0) is 51.2 Å². The lowest BCUT2D eigenvalue weighted by atomic mass is 9.90. The first-order valence-corrected chi connectivity index (χ1v) is 22.2. The van der Waals surface area contributed by atoms with Crippen molar-refractivity contribution in [3.8, 4) is 0 Å². The van der Waals surface area contributed by atoms with Crippen LogP contribution in [0.4, 0.5) is 0 Å². The summed E-state index contributed by atoms with van der Waals surface area (Å²) in [4.78, 5) is 110. The molecule has 65 heavy (non-hydrogen) atoms. The Morgan fingerprint density at radius 1 is 0.754 bits per heavy atom. The highest BCUT2D eigenvalue weighted by molar-refractivity contribution is 6.30. The minimum Gasteiger partial charge on any atom is -0.391 e. The predicted molar refractivity (Wildman–Crippen MR) is 243 cm³/mol. The first kappa shape index (κ1) is 53.8. The van der Waals surface area contributed by atoms with Crippen molar-refractivity contribution in [1.29, 1.82) is 0 Å². The van der Waals surface area contributed by atoms with E-state index in [4.69, 9.17) is 28.8 Å². The monoisotopic (exact) mass is 927 g/mol. The molecule has 8 atom stereocenters. The number of aliphatic hydroxyl groups is 1. The lowest BCUT2D eigenvalue weighted by Crippen LogP contribution is -2.64. The number of aliphatic hydroxyl groups excluding tert-OH is 1. The number of nitrogens with one attached hydrogen (secondary N) is 8. The van der Waals surface area contributed by atoms with E-state index in [1.54, 1.807) is 54.6 Å². The summed E-state index contributed by atoms with van der Waals surface area (Å²) >= 11 is 6.01. The van der Waals surface area contributed by atoms with Gasteiger partial charge in [0.1, 0.15) is 42.0 Å². The molecule has 3 rings (SSSR count). The van der Waals surface area contributed by atoms with Crippen LogP contribution in [0, 0.1) is 5.92 Å². The molecule has 358 valence electrons. The SMILES string of the molecule is CC(C)C[C@@H]1NC[C@](C=O)(Cc2ccccc2)NC(=O)[C@H](CCN)NC(=O)[C@@H](NC(=O)Cc2ccc(Cl)cc2)CCNC(=O)[C@H]([C@@H](C)O)NC(=O)[C@H](CCN)NC(=O)[C@H](CCN)NC1=O. The van der Waals surface area contributed by atoms with E-state index in [0.717, 1.165) is 0 Å². The topological polar surface area (TPSA) is 331 Å². The van der Waals surface area contributed by atoms with Crippen molar-refractivity contribution in [2.75, 3.05) is 32.7 Å². The van der Waals surface area contributed by atoms with Gasteiger partial charge in [0.05, 0.1) is 18.6 Å². The van der Waals surface area contributed by atoms with Crippen LogP contribution in [0.1, 0.15) is 64.0 Å². The summed E-state index contributed by atoms with van der Waals surface area (Å²) in [6.07, 6.45) is -1.36. The average molecular weight is 929 g/mol. The number of halogens is 1. The molecule has 2 aromatic rings. The number of amides is 7. The van der Waals surface area contributed by atoms with Crippen LogP contribution in [0.5, 0.6) is 0 Å². The van der Waals surface area contributed by atoms with Crippen LogP contribution in [0.3, 0.4) is 0 Å². The molecule has 0 aromatic heterocycles. The Kier molecular flexibility index (Phi) is 22.4. The number of nitrogens with two attached hydrogens (primary N) is 3. The molecule has 1 aliphatic rings. The van der Waals surface area contributed by atoms with Gasteiger partial charge in [0.15, 0.2) is 0 Å². The Morgan fingerprint density at radius 2 is 1.29 bits per heavy atom. The van der Waals surface area contributed by atoms with E-state index < -0.39 is 89.2 Å². The van der Waals surface area contributed by atoms with E-state index in [-0.39, 0.29) is 83.6 Å². The minimum absolute atomic E-state index is 0.0383. The van der Waals surface area contributed by atoms with Gasteiger partial charge >= 0.3 is 0 Å². The molecule has 20 nitrogen and oxygen atoms in total. The normalized spacial score (nSPS) is 25.2. The molecule has 0 spiro atoms. The maximum absolute atomic E-state index is 14.3. The quantitative estimate of drug-likeness (QED) is 0.0828. The molecule has 0 aliphatic carbocycles. The smallest absolute Gasteiger partial charge is 0.245 e. The van der Waals surface area contributed by atoms with E-state index in [1.165, 1.54) is 6.92 Å². The number of aldehydes is 1. The van der Waals surface area contributed by atoms with Crippen LogP contribution in [0.2, 0.25) is 5.02 Å². The molecule has 7 amide bonds. The van der Waals surface area contributed by atoms with E-state index in [9.17, 15) is 43.5 Å². The van der Waals surface area contributed by atoms with E-state index >= 15 is 0 Å². The van der Waals surface area contributed by atoms with Gasteiger partial charge in [-0.05, 0) is 87.8 Å². The molecule has 0 radical (unpaired) electrons. The van der Waals surface area contributed by atoms with Crippen LogP contribution in [-0.4, -0.2) is 133 Å². The lowest BCUT2D eigenvalue weighted by Gasteiger charge is -2.34. The van der Waals surface area contributed by atoms with Crippen LogP contribution < -0.4 is 59.7 Å². The second kappa shape index (κ2) is 27.1.